The van der Waals surface area contributed by atoms with E-state index in [4.69, 9.17) is 16.1 Å². The zero-order valence-corrected chi connectivity index (χ0v) is 20.1. The number of hydrogen-bond donors (Lipinski definition) is 1. The first-order valence-electron chi connectivity index (χ1n) is 11.1. The van der Waals surface area contributed by atoms with Crippen LogP contribution in [-0.4, -0.2) is 27.6 Å². The van der Waals surface area contributed by atoms with Crippen LogP contribution in [0.1, 0.15) is 36.4 Å². The van der Waals surface area contributed by atoms with Crippen LogP contribution >= 0.6 is 22.9 Å². The lowest BCUT2D eigenvalue weighted by molar-refractivity contribution is 0.204. The Labute approximate surface area is 206 Å². The predicted molar refractivity (Wildman–Crippen MR) is 134 cm³/mol. The number of benzene rings is 2. The molecule has 3 heterocycles. The highest BCUT2D eigenvalue weighted by Gasteiger charge is 2.35. The minimum absolute atomic E-state index is 0.155. The number of carbonyl (C=O) groups is 1. The molecule has 1 N–H and O–H groups in total. The number of allylic oxidation sites excluding steroid dienone is 1. The first kappa shape index (κ1) is 22.4. The number of halogens is 1. The highest BCUT2D eigenvalue weighted by molar-refractivity contribution is 7.13. The molecule has 34 heavy (non-hydrogen) atoms. The number of aromatic nitrogens is 2. The second-order valence-corrected chi connectivity index (χ2v) is 9.46. The molecule has 0 radical (unpaired) electrons. The molecule has 1 aliphatic rings. The first-order chi connectivity index (χ1) is 16.6. The quantitative estimate of drug-likeness (QED) is 0.317. The highest BCUT2D eigenvalue weighted by Crippen LogP contribution is 2.38. The van der Waals surface area contributed by atoms with Crippen LogP contribution in [0.25, 0.3) is 16.3 Å². The van der Waals surface area contributed by atoms with Crippen molar-refractivity contribution in [3.63, 3.8) is 0 Å². The normalized spacial score (nSPS) is 16.1. The van der Waals surface area contributed by atoms with Gasteiger partial charge in [-0.2, -0.15) is 4.98 Å². The van der Waals surface area contributed by atoms with E-state index in [0.29, 0.717) is 23.3 Å². The van der Waals surface area contributed by atoms with Gasteiger partial charge >= 0.3 is 6.03 Å². The monoisotopic (exact) mass is 490 g/mol. The summed E-state index contributed by atoms with van der Waals surface area (Å²) in [6, 6.07) is 21.0. The van der Waals surface area contributed by atoms with Gasteiger partial charge in [-0.25, -0.2) is 4.79 Å². The van der Waals surface area contributed by atoms with Crippen LogP contribution < -0.4 is 5.32 Å². The van der Waals surface area contributed by atoms with Crippen molar-refractivity contribution in [3.8, 4) is 10.7 Å². The van der Waals surface area contributed by atoms with E-state index in [9.17, 15) is 4.79 Å². The minimum Gasteiger partial charge on any atom is -0.334 e. The lowest BCUT2D eigenvalue weighted by Gasteiger charge is -2.35. The second-order valence-electron chi connectivity index (χ2n) is 8.08. The van der Waals surface area contributed by atoms with Crippen molar-refractivity contribution in [2.24, 2.45) is 0 Å². The van der Waals surface area contributed by atoms with E-state index in [0.717, 1.165) is 34.6 Å². The number of urea groups is 1. The predicted octanol–water partition coefficient (Wildman–Crippen LogP) is 6.58. The molecular formula is C26H23ClN4O2S. The third-order valence-corrected chi connectivity index (χ3v) is 6.97. The van der Waals surface area contributed by atoms with Gasteiger partial charge in [-0.15, -0.1) is 11.3 Å². The molecule has 0 bridgehead atoms. The summed E-state index contributed by atoms with van der Waals surface area (Å²) < 4.78 is 5.71. The Bertz CT molecular complexity index is 1320. The summed E-state index contributed by atoms with van der Waals surface area (Å²) in [5.74, 6) is 0.918. The van der Waals surface area contributed by atoms with Crippen LogP contribution in [0.5, 0.6) is 0 Å². The maximum atomic E-state index is 13.2. The molecule has 1 unspecified atom stereocenters. The average Bonchev–Trinajstić information content (AvgIpc) is 3.54. The Morgan fingerprint density at radius 2 is 1.97 bits per heavy atom. The first-order valence-corrected chi connectivity index (χ1v) is 12.3. The number of carbonyl (C=O) groups excluding carboxylic acids is 1. The van der Waals surface area contributed by atoms with Crippen molar-refractivity contribution >= 4 is 34.5 Å². The SMILES string of the molecule is CC1=C(c2nc(-c3cccs3)no2)C(c2cccc(Cl)c2)NC(=O)N1CCCc1ccccc1. The van der Waals surface area contributed by atoms with Gasteiger partial charge in [0.15, 0.2) is 0 Å². The van der Waals surface area contributed by atoms with Gasteiger partial charge in [0.1, 0.15) is 0 Å². The van der Waals surface area contributed by atoms with E-state index in [1.54, 1.807) is 16.2 Å². The summed E-state index contributed by atoms with van der Waals surface area (Å²) in [4.78, 5) is 20.5. The molecule has 172 valence electrons. The minimum atomic E-state index is -0.451. The smallest absolute Gasteiger partial charge is 0.322 e. The van der Waals surface area contributed by atoms with Gasteiger partial charge in [0.05, 0.1) is 16.5 Å². The number of amides is 2. The van der Waals surface area contributed by atoms with Crippen molar-refractivity contribution in [2.45, 2.75) is 25.8 Å². The molecule has 0 spiro atoms. The molecular weight excluding hydrogens is 468 g/mol. The lowest BCUT2D eigenvalue weighted by atomic mass is 9.94. The Morgan fingerprint density at radius 3 is 2.74 bits per heavy atom. The van der Waals surface area contributed by atoms with Gasteiger partial charge in [0, 0.05) is 17.3 Å². The second kappa shape index (κ2) is 9.83. The topological polar surface area (TPSA) is 71.3 Å². The molecule has 8 heteroatoms. The van der Waals surface area contributed by atoms with Gasteiger partial charge in [-0.3, -0.25) is 4.90 Å². The van der Waals surface area contributed by atoms with Crippen molar-refractivity contribution < 1.29 is 9.32 Å². The number of hydrogen-bond acceptors (Lipinski definition) is 5. The van der Waals surface area contributed by atoms with Crippen LogP contribution in [0.4, 0.5) is 4.79 Å². The zero-order chi connectivity index (χ0) is 23.5. The number of aryl methyl sites for hydroxylation is 1. The van der Waals surface area contributed by atoms with E-state index in [2.05, 4.69) is 27.6 Å². The molecule has 2 amide bonds. The standard InChI is InChI=1S/C26H23ClN4O2S/c1-17-22(25-29-24(30-33-25)21-13-7-15-34-21)23(19-11-5-12-20(27)16-19)28-26(32)31(17)14-6-10-18-8-3-2-4-9-18/h2-5,7-9,11-13,15-16,23H,6,10,14H2,1H3,(H,28,32). The van der Waals surface area contributed by atoms with Crippen molar-refractivity contribution in [1.82, 2.24) is 20.4 Å². The molecule has 6 nitrogen and oxygen atoms in total. The summed E-state index contributed by atoms with van der Waals surface area (Å²) in [7, 11) is 0. The van der Waals surface area contributed by atoms with Crippen LogP contribution in [-0.2, 0) is 6.42 Å². The summed E-state index contributed by atoms with van der Waals surface area (Å²) >= 11 is 7.82. The number of thiophene rings is 1. The Balaban J connectivity index is 1.49. The molecule has 0 fully saturated rings. The molecule has 0 aliphatic carbocycles. The Kier molecular flexibility index (Phi) is 6.47. The molecule has 0 saturated heterocycles. The van der Waals surface area contributed by atoms with E-state index in [1.165, 1.54) is 5.56 Å². The van der Waals surface area contributed by atoms with Gasteiger partial charge in [-0.1, -0.05) is 65.3 Å². The average molecular weight is 491 g/mol. The van der Waals surface area contributed by atoms with Gasteiger partial charge in [-0.05, 0) is 54.5 Å². The number of nitrogens with zero attached hydrogens (tertiary/aromatic N) is 3. The lowest BCUT2D eigenvalue weighted by Crippen LogP contribution is -2.46. The molecule has 4 aromatic rings. The molecule has 1 aliphatic heterocycles. The molecule has 1 atom stereocenters. The summed E-state index contributed by atoms with van der Waals surface area (Å²) in [5.41, 5.74) is 3.67. The fourth-order valence-electron chi connectivity index (χ4n) is 4.19. The number of rotatable bonds is 7. The van der Waals surface area contributed by atoms with E-state index < -0.39 is 6.04 Å². The third-order valence-electron chi connectivity index (χ3n) is 5.87. The Hall–Kier alpha value is -3.42. The van der Waals surface area contributed by atoms with E-state index in [-0.39, 0.29) is 6.03 Å². The van der Waals surface area contributed by atoms with Crippen LogP contribution in [0.15, 0.2) is 82.3 Å². The summed E-state index contributed by atoms with van der Waals surface area (Å²) in [5, 5.41) is 9.89. The van der Waals surface area contributed by atoms with E-state index in [1.807, 2.05) is 66.9 Å². The summed E-state index contributed by atoms with van der Waals surface area (Å²) in [6.45, 7) is 2.51. The van der Waals surface area contributed by atoms with Crippen molar-refractivity contribution in [1.29, 1.82) is 0 Å². The molecule has 2 aromatic carbocycles. The number of nitrogens with one attached hydrogen (secondary N) is 1. The molecule has 2 aromatic heterocycles. The fraction of sp³-hybridized carbons (Fsp3) is 0.192. The molecule has 0 saturated carbocycles. The maximum Gasteiger partial charge on any atom is 0.322 e. The van der Waals surface area contributed by atoms with Gasteiger partial charge < -0.3 is 9.84 Å². The zero-order valence-electron chi connectivity index (χ0n) is 18.6. The third kappa shape index (κ3) is 4.62. The maximum absolute atomic E-state index is 13.2. The van der Waals surface area contributed by atoms with E-state index >= 15 is 0 Å². The van der Waals surface area contributed by atoms with Crippen molar-refractivity contribution in [3.05, 3.63) is 99.8 Å². The molecule has 5 rings (SSSR count). The highest BCUT2D eigenvalue weighted by atomic mass is 35.5. The van der Waals surface area contributed by atoms with Crippen molar-refractivity contribution in [2.75, 3.05) is 6.54 Å². The van der Waals surface area contributed by atoms with Crippen LogP contribution in [0, 0.1) is 0 Å². The Morgan fingerprint density at radius 1 is 1.12 bits per heavy atom. The fourth-order valence-corrected chi connectivity index (χ4v) is 5.04. The van der Waals surface area contributed by atoms with Crippen LogP contribution in [0.3, 0.4) is 0 Å². The van der Waals surface area contributed by atoms with Gasteiger partial charge in [0.25, 0.3) is 5.89 Å². The summed E-state index contributed by atoms with van der Waals surface area (Å²) in [6.07, 6.45) is 1.71. The van der Waals surface area contributed by atoms with Crippen LogP contribution in [0.2, 0.25) is 5.02 Å². The van der Waals surface area contributed by atoms with Gasteiger partial charge in [0.2, 0.25) is 5.82 Å². The largest absolute Gasteiger partial charge is 0.334 e.